The molecule has 1 aliphatic rings. The third kappa shape index (κ3) is 4.35. The fraction of sp³-hybridized carbons (Fsp3) is 0.318. The van der Waals surface area contributed by atoms with E-state index >= 15 is 0 Å². The first-order valence-corrected chi connectivity index (χ1v) is 9.59. The molecule has 0 bridgehead atoms. The number of pyridine rings is 2. The van der Waals surface area contributed by atoms with E-state index in [-0.39, 0.29) is 23.2 Å². The number of benzene rings is 1. The van der Waals surface area contributed by atoms with Crippen LogP contribution >= 0.6 is 0 Å². The van der Waals surface area contributed by atoms with Gasteiger partial charge in [-0.25, -0.2) is 14.4 Å². The SMILES string of the molecule is COc1ccc(Cc2cc(C(=O)NC3CCOCC3)nc3c(F)cccc23)cn1. The van der Waals surface area contributed by atoms with Crippen LogP contribution in [0.5, 0.6) is 5.88 Å². The molecule has 29 heavy (non-hydrogen) atoms. The zero-order valence-electron chi connectivity index (χ0n) is 16.2. The lowest BCUT2D eigenvalue weighted by molar-refractivity contribution is 0.0694. The van der Waals surface area contributed by atoms with Gasteiger partial charge in [0.05, 0.1) is 7.11 Å². The molecule has 0 saturated carbocycles. The number of methoxy groups -OCH3 is 1. The van der Waals surface area contributed by atoms with Gasteiger partial charge in [-0.15, -0.1) is 0 Å². The van der Waals surface area contributed by atoms with Gasteiger partial charge in [-0.1, -0.05) is 18.2 Å². The quantitative estimate of drug-likeness (QED) is 0.718. The van der Waals surface area contributed by atoms with Crippen molar-refractivity contribution in [1.82, 2.24) is 15.3 Å². The summed E-state index contributed by atoms with van der Waals surface area (Å²) in [4.78, 5) is 21.3. The normalized spacial score (nSPS) is 14.7. The Kier molecular flexibility index (Phi) is 5.67. The van der Waals surface area contributed by atoms with E-state index < -0.39 is 5.82 Å². The van der Waals surface area contributed by atoms with Gasteiger partial charge in [0.1, 0.15) is 17.0 Å². The number of carbonyl (C=O) groups excluding carboxylic acids is 1. The molecule has 1 aliphatic heterocycles. The second-order valence-electron chi connectivity index (χ2n) is 7.05. The summed E-state index contributed by atoms with van der Waals surface area (Å²) in [7, 11) is 1.56. The van der Waals surface area contributed by atoms with Gasteiger partial charge in [0.2, 0.25) is 5.88 Å². The molecule has 0 aliphatic carbocycles. The first-order chi connectivity index (χ1) is 14.1. The second-order valence-corrected chi connectivity index (χ2v) is 7.05. The largest absolute Gasteiger partial charge is 0.481 e. The van der Waals surface area contributed by atoms with Crippen molar-refractivity contribution in [2.75, 3.05) is 20.3 Å². The number of para-hydroxylation sites is 1. The predicted molar refractivity (Wildman–Crippen MR) is 107 cm³/mol. The van der Waals surface area contributed by atoms with Gasteiger partial charge in [0.25, 0.3) is 5.91 Å². The van der Waals surface area contributed by atoms with E-state index in [4.69, 9.17) is 9.47 Å². The van der Waals surface area contributed by atoms with E-state index in [1.54, 1.807) is 31.5 Å². The zero-order chi connectivity index (χ0) is 20.2. The molecular formula is C22H22FN3O3. The van der Waals surface area contributed by atoms with Gasteiger partial charge in [0, 0.05) is 36.9 Å². The number of hydrogen-bond donors (Lipinski definition) is 1. The lowest BCUT2D eigenvalue weighted by atomic mass is 10.0. The molecule has 6 nitrogen and oxygen atoms in total. The van der Waals surface area contributed by atoms with Crippen LogP contribution in [0.4, 0.5) is 4.39 Å². The first-order valence-electron chi connectivity index (χ1n) is 9.59. The van der Waals surface area contributed by atoms with Crippen LogP contribution in [0, 0.1) is 5.82 Å². The van der Waals surface area contributed by atoms with Gasteiger partial charge in [0.15, 0.2) is 0 Å². The highest BCUT2D eigenvalue weighted by Gasteiger charge is 2.20. The van der Waals surface area contributed by atoms with Gasteiger partial charge >= 0.3 is 0 Å². The Labute approximate surface area is 168 Å². The number of halogens is 1. The van der Waals surface area contributed by atoms with Crippen LogP contribution in [0.1, 0.15) is 34.5 Å². The van der Waals surface area contributed by atoms with Crippen LogP contribution in [-0.2, 0) is 11.2 Å². The molecule has 0 spiro atoms. The first kappa shape index (κ1) is 19.3. The number of carbonyl (C=O) groups is 1. The maximum Gasteiger partial charge on any atom is 0.270 e. The Hall–Kier alpha value is -3.06. The van der Waals surface area contributed by atoms with Crippen LogP contribution in [0.15, 0.2) is 42.6 Å². The molecule has 1 saturated heterocycles. The van der Waals surface area contributed by atoms with Crippen molar-refractivity contribution in [2.24, 2.45) is 0 Å². The molecule has 2 aromatic heterocycles. The van der Waals surface area contributed by atoms with Crippen LogP contribution in [0.2, 0.25) is 0 Å². The fourth-order valence-electron chi connectivity index (χ4n) is 3.50. The molecule has 4 rings (SSSR count). The van der Waals surface area contributed by atoms with E-state index in [2.05, 4.69) is 15.3 Å². The Balaban J connectivity index is 1.67. The minimum absolute atomic E-state index is 0.0450. The van der Waals surface area contributed by atoms with Crippen LogP contribution in [0.3, 0.4) is 0 Å². The number of amides is 1. The Morgan fingerprint density at radius 3 is 2.83 bits per heavy atom. The van der Waals surface area contributed by atoms with Crippen molar-refractivity contribution in [2.45, 2.75) is 25.3 Å². The highest BCUT2D eigenvalue weighted by Crippen LogP contribution is 2.24. The topological polar surface area (TPSA) is 73.3 Å². The highest BCUT2D eigenvalue weighted by atomic mass is 19.1. The number of fused-ring (bicyclic) bond motifs is 1. The molecule has 1 amide bonds. The summed E-state index contributed by atoms with van der Waals surface area (Å²) in [5.41, 5.74) is 2.16. The van der Waals surface area contributed by atoms with Gasteiger partial charge in [-0.3, -0.25) is 4.79 Å². The van der Waals surface area contributed by atoms with E-state index in [0.29, 0.717) is 30.9 Å². The minimum Gasteiger partial charge on any atom is -0.481 e. The average molecular weight is 395 g/mol. The number of hydrogen-bond acceptors (Lipinski definition) is 5. The van der Waals surface area contributed by atoms with Crippen LogP contribution in [0.25, 0.3) is 10.9 Å². The lowest BCUT2D eigenvalue weighted by Crippen LogP contribution is -2.39. The average Bonchev–Trinajstić information content (AvgIpc) is 2.75. The summed E-state index contributed by atoms with van der Waals surface area (Å²) in [6, 6.07) is 10.3. The Morgan fingerprint density at radius 2 is 2.10 bits per heavy atom. The second kappa shape index (κ2) is 8.53. The number of aromatic nitrogens is 2. The van der Waals surface area contributed by atoms with Crippen molar-refractivity contribution in [3.63, 3.8) is 0 Å². The smallest absolute Gasteiger partial charge is 0.270 e. The molecule has 1 aromatic carbocycles. The van der Waals surface area contributed by atoms with Crippen molar-refractivity contribution in [1.29, 1.82) is 0 Å². The molecule has 0 atom stereocenters. The molecule has 3 aromatic rings. The fourth-order valence-corrected chi connectivity index (χ4v) is 3.50. The standard InChI is InChI=1S/C22H22FN3O3/c1-28-20-6-5-14(13-24-20)11-15-12-19(22(27)25-16-7-9-29-10-8-16)26-21-17(15)3-2-4-18(21)23/h2-6,12-13,16H,7-11H2,1H3,(H,25,27). The molecule has 0 unspecified atom stereocenters. The van der Waals surface area contributed by atoms with E-state index in [9.17, 15) is 9.18 Å². The summed E-state index contributed by atoms with van der Waals surface area (Å²) in [5.74, 6) is -0.218. The van der Waals surface area contributed by atoms with E-state index in [0.717, 1.165) is 24.0 Å². The molecule has 7 heteroatoms. The highest BCUT2D eigenvalue weighted by molar-refractivity contribution is 5.96. The molecule has 150 valence electrons. The number of ether oxygens (including phenoxy) is 2. The van der Waals surface area contributed by atoms with Crippen molar-refractivity contribution < 1.29 is 18.7 Å². The summed E-state index contributed by atoms with van der Waals surface area (Å²) in [5, 5.41) is 3.68. The lowest BCUT2D eigenvalue weighted by Gasteiger charge is -2.23. The summed E-state index contributed by atoms with van der Waals surface area (Å²) in [6.07, 6.45) is 3.74. The Bertz CT molecular complexity index is 1020. The number of nitrogens with one attached hydrogen (secondary N) is 1. The third-order valence-electron chi connectivity index (χ3n) is 5.07. The van der Waals surface area contributed by atoms with Crippen molar-refractivity contribution in [3.8, 4) is 5.88 Å². The van der Waals surface area contributed by atoms with Crippen LogP contribution in [-0.4, -0.2) is 42.2 Å². The number of rotatable bonds is 5. The Morgan fingerprint density at radius 1 is 1.28 bits per heavy atom. The summed E-state index contributed by atoms with van der Waals surface area (Å²) >= 11 is 0. The molecule has 3 heterocycles. The molecule has 1 fully saturated rings. The third-order valence-corrected chi connectivity index (χ3v) is 5.07. The van der Waals surface area contributed by atoms with Gasteiger partial charge in [-0.05, 0) is 42.5 Å². The van der Waals surface area contributed by atoms with Crippen molar-refractivity contribution in [3.05, 3.63) is 65.2 Å². The number of nitrogens with zero attached hydrogens (tertiary/aromatic N) is 2. The van der Waals surface area contributed by atoms with Gasteiger partial charge in [-0.2, -0.15) is 0 Å². The van der Waals surface area contributed by atoms with Crippen LogP contribution < -0.4 is 10.1 Å². The van der Waals surface area contributed by atoms with E-state index in [1.165, 1.54) is 6.07 Å². The maximum absolute atomic E-state index is 14.5. The summed E-state index contributed by atoms with van der Waals surface area (Å²) < 4.78 is 24.9. The molecular weight excluding hydrogens is 373 g/mol. The minimum atomic E-state index is -0.447. The molecule has 1 N–H and O–H groups in total. The van der Waals surface area contributed by atoms with E-state index in [1.807, 2.05) is 12.1 Å². The zero-order valence-corrected chi connectivity index (χ0v) is 16.2. The van der Waals surface area contributed by atoms with Gasteiger partial charge < -0.3 is 14.8 Å². The maximum atomic E-state index is 14.5. The predicted octanol–water partition coefficient (Wildman–Crippen LogP) is 3.28. The monoisotopic (exact) mass is 395 g/mol. The van der Waals surface area contributed by atoms with Crippen molar-refractivity contribution >= 4 is 16.8 Å². The summed E-state index contributed by atoms with van der Waals surface area (Å²) in [6.45, 7) is 1.25. The molecule has 0 radical (unpaired) electrons.